The quantitative estimate of drug-likeness (QED) is 0.254. The normalized spacial score (nSPS) is 41.1. The minimum absolute atomic E-state index is 0.0559. The molecular weight excluding hydrogens is 502 g/mol. The zero-order valence-electron chi connectivity index (χ0n) is 24.8. The van der Waals surface area contributed by atoms with Gasteiger partial charge in [0.1, 0.15) is 6.10 Å². The summed E-state index contributed by atoms with van der Waals surface area (Å²) < 4.78 is 6.11. The summed E-state index contributed by atoms with van der Waals surface area (Å²) in [4.78, 5) is 28.3. The molecule has 7 heteroatoms. The standard InChI is InChI=1S/C33H47N3O4/c1-22(37)40-31-24(19-23-5-8-26(9-6-23)36(38)39)20-30-28-10-7-25-21-27(35-17-15-34(4)16-18-35)11-13-32(25,2)29(28)12-14-33(30,31)3/h5-6,8-9,19,25,27-31H,7,10-18,20-21H2,1-4H3/b24-19+/t25-,27-,28+,29-,30-,31-,32-,33-/m0/s1. The van der Waals surface area contributed by atoms with Gasteiger partial charge in [-0.2, -0.15) is 0 Å². The minimum Gasteiger partial charge on any atom is -0.457 e. The molecule has 40 heavy (non-hydrogen) atoms. The second-order valence-corrected chi connectivity index (χ2v) is 14.2. The molecule has 0 unspecified atom stereocenters. The molecule has 5 aliphatic rings. The van der Waals surface area contributed by atoms with Gasteiger partial charge in [-0.25, -0.2) is 0 Å². The van der Waals surface area contributed by atoms with E-state index in [9.17, 15) is 14.9 Å². The fraction of sp³-hybridized carbons (Fsp3) is 0.727. The lowest BCUT2D eigenvalue weighted by atomic mass is 9.45. The summed E-state index contributed by atoms with van der Waals surface area (Å²) in [6, 6.07) is 7.51. The molecule has 0 radical (unpaired) electrons. The van der Waals surface area contributed by atoms with Gasteiger partial charge in [0.15, 0.2) is 0 Å². The number of benzene rings is 1. The van der Waals surface area contributed by atoms with E-state index in [0.29, 0.717) is 17.3 Å². The highest BCUT2D eigenvalue weighted by Gasteiger charge is 2.62. The Morgan fingerprint density at radius 1 is 1.00 bits per heavy atom. The summed E-state index contributed by atoms with van der Waals surface area (Å²) in [6.45, 7) is 11.4. The summed E-state index contributed by atoms with van der Waals surface area (Å²) >= 11 is 0. The number of hydrogen-bond acceptors (Lipinski definition) is 6. The SMILES string of the molecule is CC(=O)O[C@H]1/C(=C/c2ccc([N+](=O)[O-])cc2)C[C@H]2[C@@H]3CC[C@H]4C[C@@H](N5CCN(C)CC5)CC[C@]4(C)[C@H]3CC[C@]12C. The number of nitro benzene ring substituents is 1. The molecule has 4 aliphatic carbocycles. The Kier molecular flexibility index (Phi) is 7.35. The van der Waals surface area contributed by atoms with Crippen molar-refractivity contribution in [3.63, 3.8) is 0 Å². The Labute approximate surface area is 239 Å². The zero-order valence-corrected chi connectivity index (χ0v) is 24.8. The van der Waals surface area contributed by atoms with E-state index in [2.05, 4.69) is 36.8 Å². The number of carbonyl (C=O) groups is 1. The fourth-order valence-corrected chi connectivity index (χ4v) is 10.0. The molecular formula is C33H47N3O4. The second-order valence-electron chi connectivity index (χ2n) is 14.2. The van der Waals surface area contributed by atoms with Crippen LogP contribution < -0.4 is 0 Å². The van der Waals surface area contributed by atoms with E-state index in [0.717, 1.165) is 36.3 Å². The van der Waals surface area contributed by atoms with E-state index in [-0.39, 0.29) is 28.1 Å². The van der Waals surface area contributed by atoms with Gasteiger partial charge in [0.2, 0.25) is 0 Å². The monoisotopic (exact) mass is 549 g/mol. The second kappa shape index (κ2) is 10.5. The van der Waals surface area contributed by atoms with Crippen molar-refractivity contribution in [3.05, 3.63) is 45.5 Å². The Morgan fingerprint density at radius 2 is 1.70 bits per heavy atom. The topological polar surface area (TPSA) is 75.9 Å². The molecule has 0 spiro atoms. The lowest BCUT2D eigenvalue weighted by Gasteiger charge is -2.61. The number of fused-ring (bicyclic) bond motifs is 5. The first-order chi connectivity index (χ1) is 19.1. The minimum atomic E-state index is -0.362. The van der Waals surface area contributed by atoms with Crippen LogP contribution in [-0.2, 0) is 9.53 Å². The molecule has 6 rings (SSSR count). The molecule has 1 aromatic carbocycles. The molecule has 1 saturated heterocycles. The number of piperazine rings is 1. The molecule has 1 aliphatic heterocycles. The molecule has 1 heterocycles. The Morgan fingerprint density at radius 3 is 2.38 bits per heavy atom. The molecule has 4 saturated carbocycles. The van der Waals surface area contributed by atoms with Gasteiger partial charge in [-0.05, 0) is 111 Å². The largest absolute Gasteiger partial charge is 0.457 e. The summed E-state index contributed by atoms with van der Waals surface area (Å²) in [5, 5.41) is 11.1. The van der Waals surface area contributed by atoms with E-state index in [1.807, 2.05) is 12.1 Å². The summed E-state index contributed by atoms with van der Waals surface area (Å²) in [5.74, 6) is 2.52. The number of esters is 1. The van der Waals surface area contributed by atoms with E-state index in [4.69, 9.17) is 4.74 Å². The average Bonchev–Trinajstić information content (AvgIpc) is 3.19. The van der Waals surface area contributed by atoms with Crippen LogP contribution in [0.3, 0.4) is 0 Å². The van der Waals surface area contributed by atoms with Crippen molar-refractivity contribution in [1.29, 1.82) is 0 Å². The molecule has 0 amide bonds. The van der Waals surface area contributed by atoms with E-state index in [1.165, 1.54) is 77.2 Å². The Balaban J connectivity index is 1.23. The number of hydrogen-bond donors (Lipinski definition) is 0. The van der Waals surface area contributed by atoms with E-state index >= 15 is 0 Å². The van der Waals surface area contributed by atoms with Gasteiger partial charge in [0.05, 0.1) is 4.92 Å². The van der Waals surface area contributed by atoms with Crippen molar-refractivity contribution < 1.29 is 14.5 Å². The molecule has 7 nitrogen and oxygen atoms in total. The lowest BCUT2D eigenvalue weighted by molar-refractivity contribution is -0.384. The van der Waals surface area contributed by atoms with Crippen LogP contribution in [0.15, 0.2) is 29.8 Å². The van der Waals surface area contributed by atoms with Crippen molar-refractivity contribution in [2.75, 3.05) is 33.2 Å². The third-order valence-electron chi connectivity index (χ3n) is 12.3. The first-order valence-corrected chi connectivity index (χ1v) is 15.6. The first kappa shape index (κ1) is 27.9. The average molecular weight is 550 g/mol. The van der Waals surface area contributed by atoms with Crippen LogP contribution in [0.5, 0.6) is 0 Å². The molecule has 0 N–H and O–H groups in total. The van der Waals surface area contributed by atoms with Crippen molar-refractivity contribution in [2.45, 2.75) is 84.3 Å². The van der Waals surface area contributed by atoms with E-state index in [1.54, 1.807) is 12.1 Å². The number of likely N-dealkylation sites (N-methyl/N-ethyl adjacent to an activating group) is 1. The van der Waals surface area contributed by atoms with Crippen LogP contribution >= 0.6 is 0 Å². The number of ether oxygens (including phenoxy) is 1. The number of nitro groups is 1. The van der Waals surface area contributed by atoms with Gasteiger partial charge < -0.3 is 9.64 Å². The maximum atomic E-state index is 12.3. The van der Waals surface area contributed by atoms with Gasteiger partial charge in [-0.3, -0.25) is 19.8 Å². The highest BCUT2D eigenvalue weighted by Crippen LogP contribution is 2.67. The number of rotatable bonds is 4. The predicted molar refractivity (Wildman–Crippen MR) is 157 cm³/mol. The molecule has 0 aromatic heterocycles. The lowest BCUT2D eigenvalue weighted by Crippen LogP contribution is -2.57. The van der Waals surface area contributed by atoms with Crippen LogP contribution in [-0.4, -0.2) is 66.1 Å². The number of carbonyl (C=O) groups excluding carboxylic acids is 1. The van der Waals surface area contributed by atoms with Crippen LogP contribution in [0.2, 0.25) is 0 Å². The summed E-state index contributed by atoms with van der Waals surface area (Å²) in [6.07, 6.45) is 11.9. The third-order valence-corrected chi connectivity index (χ3v) is 12.3. The number of non-ortho nitro benzene ring substituents is 1. The molecule has 218 valence electrons. The van der Waals surface area contributed by atoms with Crippen LogP contribution in [0.1, 0.15) is 77.7 Å². The highest BCUT2D eigenvalue weighted by molar-refractivity contribution is 5.67. The summed E-state index contributed by atoms with van der Waals surface area (Å²) in [5.41, 5.74) is 2.58. The van der Waals surface area contributed by atoms with Crippen LogP contribution in [0.4, 0.5) is 5.69 Å². The van der Waals surface area contributed by atoms with Gasteiger partial charge in [-0.1, -0.05) is 19.9 Å². The highest BCUT2D eigenvalue weighted by atomic mass is 16.6. The molecule has 8 atom stereocenters. The molecule has 0 bridgehead atoms. The van der Waals surface area contributed by atoms with E-state index < -0.39 is 0 Å². The first-order valence-electron chi connectivity index (χ1n) is 15.6. The van der Waals surface area contributed by atoms with Gasteiger partial charge in [0.25, 0.3) is 5.69 Å². The van der Waals surface area contributed by atoms with Gasteiger partial charge in [-0.15, -0.1) is 0 Å². The maximum absolute atomic E-state index is 12.3. The van der Waals surface area contributed by atoms with Crippen molar-refractivity contribution >= 4 is 17.7 Å². The zero-order chi connectivity index (χ0) is 28.2. The predicted octanol–water partition coefficient (Wildman–Crippen LogP) is 6.18. The van der Waals surface area contributed by atoms with Crippen molar-refractivity contribution in [3.8, 4) is 0 Å². The summed E-state index contributed by atoms with van der Waals surface area (Å²) in [7, 11) is 2.24. The van der Waals surface area contributed by atoms with Gasteiger partial charge in [0, 0.05) is 56.7 Å². The Bertz CT molecular complexity index is 1160. The molecule has 5 fully saturated rings. The smallest absolute Gasteiger partial charge is 0.303 e. The van der Waals surface area contributed by atoms with Crippen molar-refractivity contribution in [2.24, 2.45) is 34.5 Å². The number of nitrogens with zero attached hydrogens (tertiary/aromatic N) is 3. The maximum Gasteiger partial charge on any atom is 0.303 e. The van der Waals surface area contributed by atoms with Crippen LogP contribution in [0, 0.1) is 44.6 Å². The van der Waals surface area contributed by atoms with Crippen LogP contribution in [0.25, 0.3) is 6.08 Å². The fourth-order valence-electron chi connectivity index (χ4n) is 10.0. The third kappa shape index (κ3) is 4.81. The molecule has 1 aromatic rings. The van der Waals surface area contributed by atoms with Crippen molar-refractivity contribution in [1.82, 2.24) is 9.80 Å². The van der Waals surface area contributed by atoms with Gasteiger partial charge >= 0.3 is 5.97 Å². The Hall–Kier alpha value is -2.25.